The molecule has 3 heterocycles. The molecule has 0 aliphatic carbocycles. The molecule has 0 spiro atoms. The molecular formula is C19H33N5OS. The normalized spacial score (nSPS) is 25.4. The van der Waals surface area contributed by atoms with Crippen LogP contribution in [0.3, 0.4) is 0 Å². The Morgan fingerprint density at radius 2 is 1.88 bits per heavy atom. The maximum Gasteiger partial charge on any atom is 0.317 e. The number of aromatic nitrogens is 1. The van der Waals surface area contributed by atoms with E-state index in [0.717, 1.165) is 56.2 Å². The number of hydrogen-bond acceptors (Lipinski definition) is 5. The molecule has 2 aliphatic heterocycles. The van der Waals surface area contributed by atoms with Gasteiger partial charge in [0.05, 0.1) is 0 Å². The Labute approximate surface area is 161 Å². The third-order valence-corrected chi connectivity index (χ3v) is 6.49. The minimum absolute atomic E-state index is 0.0126. The Bertz CT molecular complexity index is 573. The van der Waals surface area contributed by atoms with E-state index < -0.39 is 0 Å². The number of urea groups is 1. The largest absolute Gasteiger partial charge is 0.345 e. The van der Waals surface area contributed by atoms with Crippen molar-refractivity contribution in [3.8, 4) is 0 Å². The summed E-state index contributed by atoms with van der Waals surface area (Å²) in [5.41, 5.74) is -0.0126. The molecule has 2 saturated heterocycles. The first kappa shape index (κ1) is 19.4. The number of thiazole rings is 1. The average Bonchev–Trinajstić information content (AvgIpc) is 3.14. The van der Waals surface area contributed by atoms with Crippen molar-refractivity contribution in [1.29, 1.82) is 0 Å². The van der Waals surface area contributed by atoms with Crippen LogP contribution < -0.4 is 10.2 Å². The Morgan fingerprint density at radius 1 is 1.23 bits per heavy atom. The molecule has 1 N–H and O–H groups in total. The second-order valence-corrected chi connectivity index (χ2v) is 9.48. The summed E-state index contributed by atoms with van der Waals surface area (Å²) in [7, 11) is 0. The van der Waals surface area contributed by atoms with Crippen molar-refractivity contribution in [3.05, 3.63) is 11.6 Å². The van der Waals surface area contributed by atoms with Gasteiger partial charge < -0.3 is 15.1 Å². The van der Waals surface area contributed by atoms with Crippen LogP contribution in [-0.4, -0.2) is 72.2 Å². The van der Waals surface area contributed by atoms with Gasteiger partial charge in [-0.05, 0) is 32.1 Å². The quantitative estimate of drug-likeness (QED) is 0.874. The van der Waals surface area contributed by atoms with Crippen LogP contribution in [-0.2, 0) is 0 Å². The third kappa shape index (κ3) is 4.68. The summed E-state index contributed by atoms with van der Waals surface area (Å²) in [4.78, 5) is 23.7. The second kappa shape index (κ2) is 8.13. The summed E-state index contributed by atoms with van der Waals surface area (Å²) < 4.78 is 0. The summed E-state index contributed by atoms with van der Waals surface area (Å²) in [5.74, 6) is 1.46. The molecule has 6 nitrogen and oxygen atoms in total. The number of nitrogens with zero attached hydrogens (tertiary/aromatic N) is 4. The summed E-state index contributed by atoms with van der Waals surface area (Å²) in [6.45, 7) is 15.3. The van der Waals surface area contributed by atoms with Crippen molar-refractivity contribution in [2.45, 2.75) is 39.7 Å². The molecule has 146 valence electrons. The number of nitrogens with one attached hydrogen (secondary N) is 1. The van der Waals surface area contributed by atoms with Crippen LogP contribution in [0.5, 0.6) is 0 Å². The van der Waals surface area contributed by atoms with Crippen molar-refractivity contribution >= 4 is 22.5 Å². The molecule has 2 amide bonds. The zero-order chi connectivity index (χ0) is 18.7. The Balaban J connectivity index is 1.46. The zero-order valence-corrected chi connectivity index (χ0v) is 17.4. The highest BCUT2D eigenvalue weighted by molar-refractivity contribution is 7.13. The molecule has 2 aliphatic rings. The number of amides is 2. The molecule has 0 saturated carbocycles. The number of rotatable bonds is 4. The topological polar surface area (TPSA) is 51.7 Å². The van der Waals surface area contributed by atoms with Crippen molar-refractivity contribution in [1.82, 2.24) is 20.1 Å². The summed E-state index contributed by atoms with van der Waals surface area (Å²) in [5, 5.41) is 6.24. The maximum atomic E-state index is 12.6. The first-order valence-electron chi connectivity index (χ1n) is 9.77. The maximum absolute atomic E-state index is 12.6. The van der Waals surface area contributed by atoms with Gasteiger partial charge in [0, 0.05) is 62.9 Å². The predicted octanol–water partition coefficient (Wildman–Crippen LogP) is 2.73. The standard InChI is InChI=1S/C19H33N5OS/c1-15-11-16(2)13-24(12-15)19(3,4)14-21-17(25)22-6-8-23(9-7-22)18-20-5-10-26-18/h5,10,15-16H,6-9,11-14H2,1-4H3,(H,21,25). The minimum Gasteiger partial charge on any atom is -0.345 e. The Kier molecular flexibility index (Phi) is 6.07. The van der Waals surface area contributed by atoms with E-state index in [2.05, 4.69) is 47.8 Å². The van der Waals surface area contributed by atoms with Gasteiger partial charge in [0.1, 0.15) is 0 Å². The van der Waals surface area contributed by atoms with Gasteiger partial charge in [0.15, 0.2) is 5.13 Å². The predicted molar refractivity (Wildman–Crippen MR) is 108 cm³/mol. The molecule has 1 aromatic heterocycles. The van der Waals surface area contributed by atoms with Gasteiger partial charge in [0.25, 0.3) is 0 Å². The van der Waals surface area contributed by atoms with Gasteiger partial charge in [0.2, 0.25) is 0 Å². The number of carbonyl (C=O) groups excluding carboxylic acids is 1. The van der Waals surface area contributed by atoms with Gasteiger partial charge in [-0.2, -0.15) is 0 Å². The molecule has 2 unspecified atom stereocenters. The van der Waals surface area contributed by atoms with E-state index in [-0.39, 0.29) is 11.6 Å². The fourth-order valence-electron chi connectivity index (χ4n) is 4.15. The third-order valence-electron chi connectivity index (χ3n) is 5.65. The molecule has 3 rings (SSSR count). The minimum atomic E-state index is -0.0126. The van der Waals surface area contributed by atoms with Crippen LogP contribution >= 0.6 is 11.3 Å². The monoisotopic (exact) mass is 379 g/mol. The van der Waals surface area contributed by atoms with Crippen LogP contribution in [0.4, 0.5) is 9.93 Å². The highest BCUT2D eigenvalue weighted by Gasteiger charge is 2.33. The van der Waals surface area contributed by atoms with E-state index in [1.54, 1.807) is 11.3 Å². The lowest BCUT2D eigenvalue weighted by Gasteiger charge is -2.45. The van der Waals surface area contributed by atoms with Crippen molar-refractivity contribution in [2.75, 3.05) is 50.7 Å². The molecule has 7 heteroatoms. The van der Waals surface area contributed by atoms with Gasteiger partial charge in [-0.15, -0.1) is 11.3 Å². The van der Waals surface area contributed by atoms with E-state index in [1.165, 1.54) is 6.42 Å². The first-order chi connectivity index (χ1) is 12.3. The first-order valence-corrected chi connectivity index (χ1v) is 10.7. The number of piperazine rings is 1. The lowest BCUT2D eigenvalue weighted by molar-refractivity contribution is 0.0463. The van der Waals surface area contributed by atoms with Gasteiger partial charge in [-0.3, -0.25) is 4.90 Å². The number of carbonyl (C=O) groups is 1. The van der Waals surface area contributed by atoms with E-state index in [4.69, 9.17) is 0 Å². The highest BCUT2D eigenvalue weighted by Crippen LogP contribution is 2.27. The molecular weight excluding hydrogens is 346 g/mol. The number of anilines is 1. The SMILES string of the molecule is CC1CC(C)CN(C(C)(C)CNC(=O)N2CCN(c3nccs3)CC2)C1. The van der Waals surface area contributed by atoms with Crippen LogP contribution in [0.25, 0.3) is 0 Å². The number of likely N-dealkylation sites (tertiary alicyclic amines) is 1. The number of hydrogen-bond donors (Lipinski definition) is 1. The zero-order valence-electron chi connectivity index (χ0n) is 16.6. The lowest BCUT2D eigenvalue weighted by atomic mass is 9.88. The highest BCUT2D eigenvalue weighted by atomic mass is 32.1. The van der Waals surface area contributed by atoms with Crippen LogP contribution in [0.15, 0.2) is 11.6 Å². The van der Waals surface area contributed by atoms with Crippen molar-refractivity contribution in [2.24, 2.45) is 11.8 Å². The summed E-state index contributed by atoms with van der Waals surface area (Å²) in [6, 6.07) is 0.0648. The molecule has 0 radical (unpaired) electrons. The van der Waals surface area contributed by atoms with E-state index in [1.807, 2.05) is 16.5 Å². The van der Waals surface area contributed by atoms with Gasteiger partial charge in [-0.25, -0.2) is 9.78 Å². The summed E-state index contributed by atoms with van der Waals surface area (Å²) in [6.07, 6.45) is 3.14. The van der Waals surface area contributed by atoms with Gasteiger partial charge in [-0.1, -0.05) is 13.8 Å². The molecule has 1 aromatic rings. The van der Waals surface area contributed by atoms with E-state index >= 15 is 0 Å². The van der Waals surface area contributed by atoms with E-state index in [0.29, 0.717) is 6.54 Å². The molecule has 0 aromatic carbocycles. The molecule has 2 atom stereocenters. The van der Waals surface area contributed by atoms with Crippen LogP contribution in [0.2, 0.25) is 0 Å². The fraction of sp³-hybridized carbons (Fsp3) is 0.789. The van der Waals surface area contributed by atoms with E-state index in [9.17, 15) is 4.79 Å². The smallest absolute Gasteiger partial charge is 0.317 e. The average molecular weight is 380 g/mol. The van der Waals surface area contributed by atoms with Crippen LogP contribution in [0.1, 0.15) is 34.1 Å². The van der Waals surface area contributed by atoms with Crippen LogP contribution in [0, 0.1) is 11.8 Å². The van der Waals surface area contributed by atoms with Crippen molar-refractivity contribution < 1.29 is 4.79 Å². The Hall–Kier alpha value is -1.34. The lowest BCUT2D eigenvalue weighted by Crippen LogP contribution is -2.58. The molecule has 2 fully saturated rings. The second-order valence-electron chi connectivity index (χ2n) is 8.61. The Morgan fingerprint density at radius 3 is 2.46 bits per heavy atom. The van der Waals surface area contributed by atoms with Crippen molar-refractivity contribution in [3.63, 3.8) is 0 Å². The summed E-state index contributed by atoms with van der Waals surface area (Å²) >= 11 is 1.66. The molecule has 26 heavy (non-hydrogen) atoms. The van der Waals surface area contributed by atoms with Gasteiger partial charge >= 0.3 is 6.03 Å². The molecule has 0 bridgehead atoms. The number of piperidine rings is 1. The fourth-order valence-corrected chi connectivity index (χ4v) is 4.84.